The molecular weight excluding hydrogens is 302 g/mol. The Labute approximate surface area is 145 Å². The van der Waals surface area contributed by atoms with Crippen molar-refractivity contribution in [3.63, 3.8) is 0 Å². The second kappa shape index (κ2) is 8.49. The van der Waals surface area contributed by atoms with E-state index in [2.05, 4.69) is 53.6 Å². The van der Waals surface area contributed by atoms with Crippen LogP contribution in [0.3, 0.4) is 0 Å². The molecule has 1 unspecified atom stereocenters. The van der Waals surface area contributed by atoms with Gasteiger partial charge in [-0.1, -0.05) is 31.2 Å². The van der Waals surface area contributed by atoms with E-state index in [0.29, 0.717) is 25.9 Å². The molecule has 134 valence electrons. The van der Waals surface area contributed by atoms with E-state index in [9.17, 15) is 9.90 Å². The summed E-state index contributed by atoms with van der Waals surface area (Å²) in [6.45, 7) is 9.30. The van der Waals surface area contributed by atoms with Crippen LogP contribution in [-0.4, -0.2) is 47.3 Å². The standard InChI is InChI=1S/C19H31N3O2/c1-4-17(23)9-11-20-18(24)21-14-19(2,3)22-12-10-15-7-5-6-8-16(15)13-22/h5-8,17,23H,4,9-14H2,1-3H3,(H2,20,21,24). The van der Waals surface area contributed by atoms with Crippen molar-refractivity contribution < 1.29 is 9.90 Å². The number of fused-ring (bicyclic) bond motifs is 1. The molecule has 0 fully saturated rings. The van der Waals surface area contributed by atoms with Crippen LogP contribution in [0.25, 0.3) is 0 Å². The Bertz CT molecular complexity index is 545. The first-order valence-corrected chi connectivity index (χ1v) is 8.94. The van der Waals surface area contributed by atoms with Crippen LogP contribution in [-0.2, 0) is 13.0 Å². The Morgan fingerprint density at radius 2 is 2.00 bits per heavy atom. The lowest BCUT2D eigenvalue weighted by atomic mass is 9.94. The molecule has 0 aromatic heterocycles. The van der Waals surface area contributed by atoms with Crippen molar-refractivity contribution in [3.8, 4) is 0 Å². The molecule has 1 aliphatic rings. The highest BCUT2D eigenvalue weighted by Crippen LogP contribution is 2.24. The zero-order valence-electron chi connectivity index (χ0n) is 15.1. The largest absolute Gasteiger partial charge is 0.393 e. The van der Waals surface area contributed by atoms with Crippen LogP contribution in [0.2, 0.25) is 0 Å². The molecule has 0 saturated heterocycles. The number of rotatable bonds is 7. The molecule has 2 rings (SSSR count). The van der Waals surface area contributed by atoms with Gasteiger partial charge in [0.15, 0.2) is 0 Å². The number of hydrogen-bond donors (Lipinski definition) is 3. The number of aliphatic hydroxyl groups is 1. The van der Waals surface area contributed by atoms with E-state index < -0.39 is 0 Å². The number of amides is 2. The van der Waals surface area contributed by atoms with Gasteiger partial charge in [-0.25, -0.2) is 4.79 Å². The van der Waals surface area contributed by atoms with E-state index >= 15 is 0 Å². The van der Waals surface area contributed by atoms with Crippen LogP contribution in [0.15, 0.2) is 24.3 Å². The van der Waals surface area contributed by atoms with Gasteiger partial charge in [-0.15, -0.1) is 0 Å². The molecule has 0 saturated carbocycles. The summed E-state index contributed by atoms with van der Waals surface area (Å²) in [6.07, 6.45) is 2.03. The fourth-order valence-electron chi connectivity index (χ4n) is 3.04. The van der Waals surface area contributed by atoms with E-state index in [4.69, 9.17) is 0 Å². The second-order valence-electron chi connectivity index (χ2n) is 7.21. The molecule has 0 spiro atoms. The lowest BCUT2D eigenvalue weighted by Crippen LogP contribution is -2.54. The summed E-state index contributed by atoms with van der Waals surface area (Å²) < 4.78 is 0. The molecule has 1 aromatic carbocycles. The Kier molecular flexibility index (Phi) is 6.63. The molecule has 1 aliphatic heterocycles. The van der Waals surface area contributed by atoms with Crippen molar-refractivity contribution in [2.24, 2.45) is 0 Å². The van der Waals surface area contributed by atoms with Crippen LogP contribution in [0.1, 0.15) is 44.7 Å². The van der Waals surface area contributed by atoms with Crippen molar-refractivity contribution in [2.45, 2.75) is 58.2 Å². The van der Waals surface area contributed by atoms with Crippen LogP contribution in [0, 0.1) is 0 Å². The van der Waals surface area contributed by atoms with Gasteiger partial charge in [-0.3, -0.25) is 4.90 Å². The quantitative estimate of drug-likeness (QED) is 0.717. The molecule has 1 heterocycles. The molecule has 1 aromatic rings. The van der Waals surface area contributed by atoms with Gasteiger partial charge in [0, 0.05) is 31.7 Å². The van der Waals surface area contributed by atoms with Gasteiger partial charge in [-0.2, -0.15) is 0 Å². The smallest absolute Gasteiger partial charge is 0.314 e. The zero-order chi connectivity index (χ0) is 17.6. The normalized spacial score (nSPS) is 16.3. The van der Waals surface area contributed by atoms with Gasteiger partial charge >= 0.3 is 6.03 Å². The predicted octanol–water partition coefficient (Wildman–Crippen LogP) is 2.28. The second-order valence-corrected chi connectivity index (χ2v) is 7.21. The number of carbonyl (C=O) groups is 1. The van der Waals surface area contributed by atoms with Crippen molar-refractivity contribution in [2.75, 3.05) is 19.6 Å². The molecule has 5 nitrogen and oxygen atoms in total. The third kappa shape index (κ3) is 5.21. The van der Waals surface area contributed by atoms with Crippen LogP contribution >= 0.6 is 0 Å². The highest BCUT2D eigenvalue weighted by Gasteiger charge is 2.29. The lowest BCUT2D eigenvalue weighted by molar-refractivity contribution is 0.104. The molecule has 5 heteroatoms. The van der Waals surface area contributed by atoms with Gasteiger partial charge in [0.25, 0.3) is 0 Å². The van der Waals surface area contributed by atoms with E-state index in [1.807, 2.05) is 6.92 Å². The summed E-state index contributed by atoms with van der Waals surface area (Å²) in [7, 11) is 0. The number of nitrogens with one attached hydrogen (secondary N) is 2. The highest BCUT2D eigenvalue weighted by molar-refractivity contribution is 5.73. The lowest BCUT2D eigenvalue weighted by Gasteiger charge is -2.41. The molecule has 0 bridgehead atoms. The van der Waals surface area contributed by atoms with Gasteiger partial charge in [-0.05, 0) is 44.2 Å². The molecular formula is C19H31N3O2. The molecule has 1 atom stereocenters. The van der Waals surface area contributed by atoms with Gasteiger partial charge < -0.3 is 15.7 Å². The van der Waals surface area contributed by atoms with Crippen molar-refractivity contribution >= 4 is 6.03 Å². The van der Waals surface area contributed by atoms with Gasteiger partial charge in [0.1, 0.15) is 0 Å². The maximum absolute atomic E-state index is 11.9. The topological polar surface area (TPSA) is 64.6 Å². The van der Waals surface area contributed by atoms with Crippen molar-refractivity contribution in [1.29, 1.82) is 0 Å². The third-order valence-electron chi connectivity index (χ3n) is 4.90. The zero-order valence-corrected chi connectivity index (χ0v) is 15.1. The maximum atomic E-state index is 11.9. The van der Waals surface area contributed by atoms with Crippen molar-refractivity contribution in [3.05, 3.63) is 35.4 Å². The summed E-state index contributed by atoms with van der Waals surface area (Å²) in [6, 6.07) is 8.42. The molecule has 0 radical (unpaired) electrons. The van der Waals surface area contributed by atoms with Crippen LogP contribution in [0.4, 0.5) is 4.79 Å². The van der Waals surface area contributed by atoms with Crippen molar-refractivity contribution in [1.82, 2.24) is 15.5 Å². The third-order valence-corrected chi connectivity index (χ3v) is 4.90. The Hall–Kier alpha value is -1.59. The Balaban J connectivity index is 1.78. The number of aliphatic hydroxyl groups excluding tert-OH is 1. The first-order valence-electron chi connectivity index (χ1n) is 8.94. The summed E-state index contributed by atoms with van der Waals surface area (Å²) >= 11 is 0. The van der Waals surface area contributed by atoms with E-state index in [1.165, 1.54) is 11.1 Å². The van der Waals surface area contributed by atoms with E-state index in [1.54, 1.807) is 0 Å². The fourth-order valence-corrected chi connectivity index (χ4v) is 3.04. The van der Waals surface area contributed by atoms with E-state index in [-0.39, 0.29) is 17.7 Å². The predicted molar refractivity (Wildman–Crippen MR) is 97.0 cm³/mol. The SMILES string of the molecule is CCC(O)CCNC(=O)NCC(C)(C)N1CCc2ccccc2C1. The summed E-state index contributed by atoms with van der Waals surface area (Å²) in [5.41, 5.74) is 2.72. The number of urea groups is 1. The van der Waals surface area contributed by atoms with Gasteiger partial charge in [0.05, 0.1) is 6.10 Å². The van der Waals surface area contributed by atoms with E-state index in [0.717, 1.165) is 19.5 Å². The average molecular weight is 333 g/mol. The molecule has 3 N–H and O–H groups in total. The number of carbonyl (C=O) groups excluding carboxylic acids is 1. The summed E-state index contributed by atoms with van der Waals surface area (Å²) in [5.74, 6) is 0. The Morgan fingerprint density at radius 1 is 1.29 bits per heavy atom. The monoisotopic (exact) mass is 333 g/mol. The van der Waals surface area contributed by atoms with Crippen LogP contribution < -0.4 is 10.6 Å². The first kappa shape index (κ1) is 18.7. The first-order chi connectivity index (χ1) is 11.4. The molecule has 24 heavy (non-hydrogen) atoms. The number of benzene rings is 1. The summed E-state index contributed by atoms with van der Waals surface area (Å²) in [5, 5.41) is 15.3. The minimum atomic E-state index is -0.338. The Morgan fingerprint density at radius 3 is 2.71 bits per heavy atom. The number of hydrogen-bond acceptors (Lipinski definition) is 3. The number of nitrogens with zero attached hydrogens (tertiary/aromatic N) is 1. The summed E-state index contributed by atoms with van der Waals surface area (Å²) in [4.78, 5) is 14.3. The average Bonchev–Trinajstić information content (AvgIpc) is 2.59. The minimum absolute atomic E-state index is 0.103. The van der Waals surface area contributed by atoms with Gasteiger partial charge in [0.2, 0.25) is 0 Å². The fraction of sp³-hybridized carbons (Fsp3) is 0.632. The minimum Gasteiger partial charge on any atom is -0.393 e. The molecule has 0 aliphatic carbocycles. The van der Waals surface area contributed by atoms with Crippen LogP contribution in [0.5, 0.6) is 0 Å². The maximum Gasteiger partial charge on any atom is 0.314 e. The molecule has 2 amide bonds. The highest BCUT2D eigenvalue weighted by atomic mass is 16.3.